The molecule has 2 aliphatic heterocycles. The topological polar surface area (TPSA) is 50.8 Å². The van der Waals surface area contributed by atoms with Gasteiger partial charge in [-0.15, -0.1) is 0 Å². The van der Waals surface area contributed by atoms with Crippen LogP contribution in [0.25, 0.3) is 0 Å². The molecule has 1 N–H and O–H groups in total. The Morgan fingerprint density at radius 1 is 1.38 bits per heavy atom. The lowest BCUT2D eigenvalue weighted by atomic mass is 10.0. The smallest absolute Gasteiger partial charge is 0.238 e. The van der Waals surface area contributed by atoms with Crippen molar-refractivity contribution < 1.29 is 18.7 Å². The second-order valence-electron chi connectivity index (χ2n) is 5.32. The maximum atomic E-state index is 13.9. The molecule has 6 heteroatoms. The zero-order chi connectivity index (χ0) is 14.8. The van der Waals surface area contributed by atoms with Gasteiger partial charge in [0.2, 0.25) is 5.91 Å². The van der Waals surface area contributed by atoms with Crippen LogP contribution in [0.2, 0.25) is 0 Å². The van der Waals surface area contributed by atoms with E-state index in [4.69, 9.17) is 9.47 Å². The average Bonchev–Trinajstić information content (AvgIpc) is 2.90. The second-order valence-corrected chi connectivity index (χ2v) is 5.32. The maximum absolute atomic E-state index is 13.9. The van der Waals surface area contributed by atoms with E-state index in [0.717, 1.165) is 18.4 Å². The molecule has 1 unspecified atom stereocenters. The minimum atomic E-state index is -0.414. The van der Waals surface area contributed by atoms with Crippen molar-refractivity contribution in [2.45, 2.75) is 25.0 Å². The van der Waals surface area contributed by atoms with Crippen LogP contribution >= 0.6 is 0 Å². The molecular formula is C15H19FN2O3. The highest BCUT2D eigenvalue weighted by atomic mass is 19.1. The number of carbonyl (C=O) groups excluding carboxylic acids is 1. The van der Waals surface area contributed by atoms with Crippen LogP contribution in [-0.4, -0.2) is 43.7 Å². The summed E-state index contributed by atoms with van der Waals surface area (Å²) in [5, 5.41) is 3.16. The summed E-state index contributed by atoms with van der Waals surface area (Å²) in [5.41, 5.74) is 0.741. The van der Waals surface area contributed by atoms with Gasteiger partial charge in [0.25, 0.3) is 0 Å². The van der Waals surface area contributed by atoms with Crippen molar-refractivity contribution in [1.82, 2.24) is 10.2 Å². The second kappa shape index (κ2) is 5.99. The third-order valence-corrected chi connectivity index (χ3v) is 4.09. The minimum absolute atomic E-state index is 0.0585. The molecule has 2 aliphatic rings. The van der Waals surface area contributed by atoms with Gasteiger partial charge in [0.05, 0.1) is 13.7 Å². The SMILES string of the molecule is COc1ccc(C2NCC(=O)N2C2CCOCC2)cc1F. The van der Waals surface area contributed by atoms with E-state index in [1.165, 1.54) is 13.2 Å². The molecule has 2 heterocycles. The number of benzene rings is 1. The molecule has 0 radical (unpaired) electrons. The molecule has 2 fully saturated rings. The monoisotopic (exact) mass is 294 g/mol. The van der Waals surface area contributed by atoms with Crippen molar-refractivity contribution in [1.29, 1.82) is 0 Å². The summed E-state index contributed by atoms with van der Waals surface area (Å²) in [6.45, 7) is 1.62. The van der Waals surface area contributed by atoms with Crippen LogP contribution in [0.4, 0.5) is 4.39 Å². The normalized spacial score (nSPS) is 23.6. The first kappa shape index (κ1) is 14.3. The van der Waals surface area contributed by atoms with E-state index in [0.29, 0.717) is 13.2 Å². The van der Waals surface area contributed by atoms with Crippen molar-refractivity contribution >= 4 is 5.91 Å². The molecule has 0 aliphatic carbocycles. The number of methoxy groups -OCH3 is 1. The number of amides is 1. The lowest BCUT2D eigenvalue weighted by molar-refractivity contribution is -0.132. The Balaban J connectivity index is 1.85. The third kappa shape index (κ3) is 2.73. The fourth-order valence-corrected chi connectivity index (χ4v) is 3.03. The summed E-state index contributed by atoms with van der Waals surface area (Å²) < 4.78 is 24.2. The molecule has 1 amide bonds. The molecule has 114 valence electrons. The van der Waals surface area contributed by atoms with E-state index in [1.54, 1.807) is 12.1 Å². The highest BCUT2D eigenvalue weighted by molar-refractivity contribution is 5.81. The summed E-state index contributed by atoms with van der Waals surface area (Å²) in [7, 11) is 1.43. The first-order chi connectivity index (χ1) is 10.2. The number of halogens is 1. The highest BCUT2D eigenvalue weighted by Gasteiger charge is 2.37. The number of hydrogen-bond acceptors (Lipinski definition) is 4. The average molecular weight is 294 g/mol. The van der Waals surface area contributed by atoms with Gasteiger partial charge in [-0.25, -0.2) is 4.39 Å². The van der Waals surface area contributed by atoms with Gasteiger partial charge in [-0.05, 0) is 30.5 Å². The standard InChI is InChI=1S/C15H19FN2O3/c1-20-13-3-2-10(8-12(13)16)15-17-9-14(19)18(15)11-4-6-21-7-5-11/h2-3,8,11,15,17H,4-7,9H2,1H3. The molecule has 0 saturated carbocycles. The van der Waals surface area contributed by atoms with Crippen molar-refractivity contribution in [2.24, 2.45) is 0 Å². The molecule has 21 heavy (non-hydrogen) atoms. The molecule has 2 saturated heterocycles. The van der Waals surface area contributed by atoms with Crippen molar-refractivity contribution in [3.05, 3.63) is 29.6 Å². The third-order valence-electron chi connectivity index (χ3n) is 4.09. The van der Waals surface area contributed by atoms with Crippen molar-refractivity contribution in [3.8, 4) is 5.75 Å². The Labute approximate surface area is 123 Å². The maximum Gasteiger partial charge on any atom is 0.238 e. The van der Waals surface area contributed by atoms with Gasteiger partial charge in [-0.2, -0.15) is 0 Å². The molecule has 0 spiro atoms. The van der Waals surface area contributed by atoms with Crippen LogP contribution in [0.15, 0.2) is 18.2 Å². The van der Waals surface area contributed by atoms with Crippen molar-refractivity contribution in [3.63, 3.8) is 0 Å². The van der Waals surface area contributed by atoms with Gasteiger partial charge in [0.15, 0.2) is 11.6 Å². The number of hydrogen-bond donors (Lipinski definition) is 1. The first-order valence-electron chi connectivity index (χ1n) is 7.16. The molecule has 1 atom stereocenters. The van der Waals surface area contributed by atoms with Crippen LogP contribution in [0.5, 0.6) is 5.75 Å². The molecule has 5 nitrogen and oxygen atoms in total. The zero-order valence-corrected chi connectivity index (χ0v) is 12.0. The number of nitrogens with zero attached hydrogens (tertiary/aromatic N) is 1. The Morgan fingerprint density at radius 2 is 2.14 bits per heavy atom. The zero-order valence-electron chi connectivity index (χ0n) is 12.0. The number of carbonyl (C=O) groups is 1. The molecule has 1 aromatic rings. The van der Waals surface area contributed by atoms with Gasteiger partial charge in [0.1, 0.15) is 6.17 Å². The predicted octanol–water partition coefficient (Wildman–Crippen LogP) is 1.44. The van der Waals surface area contributed by atoms with Gasteiger partial charge in [0, 0.05) is 19.3 Å². The Hall–Kier alpha value is -1.66. The van der Waals surface area contributed by atoms with E-state index in [-0.39, 0.29) is 30.4 Å². The summed E-state index contributed by atoms with van der Waals surface area (Å²) in [6.07, 6.45) is 1.37. The summed E-state index contributed by atoms with van der Waals surface area (Å²) in [6, 6.07) is 4.97. The number of rotatable bonds is 3. The van der Waals surface area contributed by atoms with E-state index in [2.05, 4.69) is 5.32 Å². The van der Waals surface area contributed by atoms with Crippen molar-refractivity contribution in [2.75, 3.05) is 26.9 Å². The summed E-state index contributed by atoms with van der Waals surface area (Å²) in [5.74, 6) is -0.146. The Bertz CT molecular complexity index is 532. The molecular weight excluding hydrogens is 275 g/mol. The minimum Gasteiger partial charge on any atom is -0.494 e. The van der Waals surface area contributed by atoms with Crippen LogP contribution in [-0.2, 0) is 9.53 Å². The fourth-order valence-electron chi connectivity index (χ4n) is 3.03. The largest absolute Gasteiger partial charge is 0.494 e. The predicted molar refractivity (Wildman–Crippen MR) is 74.4 cm³/mol. The van der Waals surface area contributed by atoms with Gasteiger partial charge in [-0.1, -0.05) is 6.07 Å². The van der Waals surface area contributed by atoms with Crippen LogP contribution in [0.3, 0.4) is 0 Å². The summed E-state index contributed by atoms with van der Waals surface area (Å²) in [4.78, 5) is 14.0. The molecule has 3 rings (SSSR count). The van der Waals surface area contributed by atoms with Crippen LogP contribution < -0.4 is 10.1 Å². The summed E-state index contributed by atoms with van der Waals surface area (Å²) >= 11 is 0. The van der Waals surface area contributed by atoms with E-state index in [9.17, 15) is 9.18 Å². The number of ether oxygens (including phenoxy) is 2. The Morgan fingerprint density at radius 3 is 2.81 bits per heavy atom. The van der Waals surface area contributed by atoms with Crippen LogP contribution in [0, 0.1) is 5.82 Å². The molecule has 1 aromatic carbocycles. The van der Waals surface area contributed by atoms with Gasteiger partial charge >= 0.3 is 0 Å². The van der Waals surface area contributed by atoms with E-state index >= 15 is 0 Å². The quantitative estimate of drug-likeness (QED) is 0.916. The highest BCUT2D eigenvalue weighted by Crippen LogP contribution is 2.30. The first-order valence-corrected chi connectivity index (χ1v) is 7.16. The van der Waals surface area contributed by atoms with Gasteiger partial charge in [-0.3, -0.25) is 10.1 Å². The molecule has 0 aromatic heterocycles. The van der Waals surface area contributed by atoms with E-state index in [1.807, 2.05) is 4.90 Å². The lowest BCUT2D eigenvalue weighted by Gasteiger charge is -2.35. The number of nitrogens with one attached hydrogen (secondary N) is 1. The molecule has 0 bridgehead atoms. The lowest BCUT2D eigenvalue weighted by Crippen LogP contribution is -2.42. The Kier molecular flexibility index (Phi) is 4.07. The fraction of sp³-hybridized carbons (Fsp3) is 0.533. The van der Waals surface area contributed by atoms with Gasteiger partial charge < -0.3 is 14.4 Å². The van der Waals surface area contributed by atoms with E-state index < -0.39 is 5.82 Å². The van der Waals surface area contributed by atoms with Crippen LogP contribution in [0.1, 0.15) is 24.6 Å².